The number of hydrogen-bond donors (Lipinski definition) is 0. The number of halogens is 1. The van der Waals surface area contributed by atoms with Crippen LogP contribution in [0.25, 0.3) is 0 Å². The zero-order chi connectivity index (χ0) is 9.84. The largest absolute Gasteiger partial charge is 0.102 e. The molecule has 1 heteroatoms. The standard InChI is InChI=1S/C12H15Br/c1-4-12(9(2)3)10-5-7-11(13)8-6-10/h4-9,12H,1H2,2-3H3/t12-/m0/s1. The van der Waals surface area contributed by atoms with Crippen molar-refractivity contribution < 1.29 is 0 Å². The fourth-order valence-electron chi connectivity index (χ4n) is 1.48. The third kappa shape index (κ3) is 2.70. The lowest BCUT2D eigenvalue weighted by molar-refractivity contribution is 0.579. The van der Waals surface area contributed by atoms with E-state index in [4.69, 9.17) is 0 Å². The minimum absolute atomic E-state index is 0.466. The Bertz CT molecular complexity index is 272. The van der Waals surface area contributed by atoms with E-state index < -0.39 is 0 Å². The Morgan fingerprint density at radius 2 is 1.77 bits per heavy atom. The Morgan fingerprint density at radius 3 is 2.15 bits per heavy atom. The normalized spacial score (nSPS) is 12.9. The summed E-state index contributed by atoms with van der Waals surface area (Å²) >= 11 is 3.43. The van der Waals surface area contributed by atoms with Crippen LogP contribution in [-0.4, -0.2) is 0 Å². The van der Waals surface area contributed by atoms with Crippen LogP contribution in [0.1, 0.15) is 25.3 Å². The third-order valence-electron chi connectivity index (χ3n) is 2.23. The molecule has 0 aliphatic carbocycles. The van der Waals surface area contributed by atoms with Crippen LogP contribution in [0.15, 0.2) is 41.4 Å². The zero-order valence-electron chi connectivity index (χ0n) is 8.13. The van der Waals surface area contributed by atoms with Gasteiger partial charge >= 0.3 is 0 Å². The summed E-state index contributed by atoms with van der Waals surface area (Å²) in [7, 11) is 0. The van der Waals surface area contributed by atoms with Crippen LogP contribution >= 0.6 is 15.9 Å². The first kappa shape index (κ1) is 10.5. The van der Waals surface area contributed by atoms with Gasteiger partial charge in [-0.3, -0.25) is 0 Å². The van der Waals surface area contributed by atoms with Gasteiger partial charge in [0, 0.05) is 10.4 Å². The van der Waals surface area contributed by atoms with E-state index in [1.165, 1.54) is 5.56 Å². The van der Waals surface area contributed by atoms with Gasteiger partial charge in [0.25, 0.3) is 0 Å². The molecule has 0 aliphatic rings. The molecule has 1 atom stereocenters. The van der Waals surface area contributed by atoms with Crippen LogP contribution in [0.2, 0.25) is 0 Å². The number of allylic oxidation sites excluding steroid dienone is 1. The van der Waals surface area contributed by atoms with Gasteiger partial charge in [0.05, 0.1) is 0 Å². The second-order valence-corrected chi connectivity index (χ2v) is 4.47. The van der Waals surface area contributed by atoms with Gasteiger partial charge in [0.15, 0.2) is 0 Å². The summed E-state index contributed by atoms with van der Waals surface area (Å²) in [6.07, 6.45) is 2.02. The minimum Gasteiger partial charge on any atom is -0.102 e. The Hall–Kier alpha value is -0.560. The second kappa shape index (κ2) is 4.61. The number of rotatable bonds is 3. The molecule has 0 nitrogen and oxygen atoms in total. The maximum atomic E-state index is 3.87. The van der Waals surface area contributed by atoms with E-state index in [1.54, 1.807) is 0 Å². The third-order valence-corrected chi connectivity index (χ3v) is 2.76. The highest BCUT2D eigenvalue weighted by Gasteiger charge is 2.10. The van der Waals surface area contributed by atoms with Crippen LogP contribution in [0.4, 0.5) is 0 Å². The van der Waals surface area contributed by atoms with Crippen molar-refractivity contribution in [2.75, 3.05) is 0 Å². The van der Waals surface area contributed by atoms with Gasteiger partial charge in [-0.2, -0.15) is 0 Å². The molecular weight excluding hydrogens is 224 g/mol. The van der Waals surface area contributed by atoms with E-state index >= 15 is 0 Å². The Morgan fingerprint density at radius 1 is 1.23 bits per heavy atom. The molecule has 0 aliphatic heterocycles. The fourth-order valence-corrected chi connectivity index (χ4v) is 1.74. The SMILES string of the molecule is C=C[C@H](c1ccc(Br)cc1)C(C)C. The number of benzene rings is 1. The second-order valence-electron chi connectivity index (χ2n) is 3.56. The van der Waals surface area contributed by atoms with E-state index in [1.807, 2.05) is 6.08 Å². The molecule has 0 amide bonds. The van der Waals surface area contributed by atoms with Crippen LogP contribution in [0.3, 0.4) is 0 Å². The first-order chi connectivity index (χ1) is 6.15. The molecule has 0 heterocycles. The summed E-state index contributed by atoms with van der Waals surface area (Å²) in [5.41, 5.74) is 1.34. The maximum absolute atomic E-state index is 3.87. The molecule has 13 heavy (non-hydrogen) atoms. The Kier molecular flexibility index (Phi) is 3.73. The van der Waals surface area contributed by atoms with Crippen molar-refractivity contribution >= 4 is 15.9 Å². The van der Waals surface area contributed by atoms with Crippen LogP contribution in [0, 0.1) is 5.92 Å². The summed E-state index contributed by atoms with van der Waals surface area (Å²) < 4.78 is 1.13. The van der Waals surface area contributed by atoms with Gasteiger partial charge in [-0.1, -0.05) is 48.0 Å². The highest BCUT2D eigenvalue weighted by molar-refractivity contribution is 9.10. The molecule has 0 bridgehead atoms. The monoisotopic (exact) mass is 238 g/mol. The quantitative estimate of drug-likeness (QED) is 0.687. The molecule has 1 aromatic rings. The van der Waals surface area contributed by atoms with Crippen molar-refractivity contribution in [1.82, 2.24) is 0 Å². The topological polar surface area (TPSA) is 0 Å². The van der Waals surface area contributed by atoms with Gasteiger partial charge in [-0.05, 0) is 23.6 Å². The molecular formula is C12H15Br. The molecule has 0 radical (unpaired) electrons. The average molecular weight is 239 g/mol. The molecule has 0 saturated heterocycles. The summed E-state index contributed by atoms with van der Waals surface area (Å²) in [4.78, 5) is 0. The molecule has 0 saturated carbocycles. The Balaban J connectivity index is 2.92. The molecule has 0 unspecified atom stereocenters. The van der Waals surface area contributed by atoms with Crippen molar-refractivity contribution in [2.45, 2.75) is 19.8 Å². The molecule has 70 valence electrons. The predicted octanol–water partition coefficient (Wildman–Crippen LogP) is 4.37. The molecule has 0 N–H and O–H groups in total. The molecule has 0 fully saturated rings. The molecule has 0 aromatic heterocycles. The fraction of sp³-hybridized carbons (Fsp3) is 0.333. The number of hydrogen-bond acceptors (Lipinski definition) is 0. The van der Waals surface area contributed by atoms with Crippen molar-refractivity contribution in [3.05, 3.63) is 47.0 Å². The van der Waals surface area contributed by atoms with Gasteiger partial charge in [0.1, 0.15) is 0 Å². The zero-order valence-corrected chi connectivity index (χ0v) is 9.71. The lowest BCUT2D eigenvalue weighted by atomic mass is 9.89. The lowest BCUT2D eigenvalue weighted by Crippen LogP contribution is -2.02. The van der Waals surface area contributed by atoms with E-state index in [2.05, 4.69) is 60.6 Å². The van der Waals surface area contributed by atoms with Gasteiger partial charge in [0.2, 0.25) is 0 Å². The minimum atomic E-state index is 0.466. The molecule has 1 aromatic carbocycles. The van der Waals surface area contributed by atoms with E-state index in [0.29, 0.717) is 11.8 Å². The first-order valence-electron chi connectivity index (χ1n) is 4.53. The summed E-state index contributed by atoms with van der Waals surface area (Å²) in [5, 5.41) is 0. The highest BCUT2D eigenvalue weighted by Crippen LogP contribution is 2.26. The van der Waals surface area contributed by atoms with Crippen LogP contribution in [-0.2, 0) is 0 Å². The lowest BCUT2D eigenvalue weighted by Gasteiger charge is -2.16. The van der Waals surface area contributed by atoms with Crippen molar-refractivity contribution in [3.63, 3.8) is 0 Å². The first-order valence-corrected chi connectivity index (χ1v) is 5.32. The summed E-state index contributed by atoms with van der Waals surface area (Å²) in [6.45, 7) is 8.30. The summed E-state index contributed by atoms with van der Waals surface area (Å²) in [5.74, 6) is 1.08. The van der Waals surface area contributed by atoms with Crippen LogP contribution < -0.4 is 0 Å². The van der Waals surface area contributed by atoms with Gasteiger partial charge < -0.3 is 0 Å². The maximum Gasteiger partial charge on any atom is 0.0175 e. The van der Waals surface area contributed by atoms with Crippen molar-refractivity contribution in [1.29, 1.82) is 0 Å². The van der Waals surface area contributed by atoms with E-state index in [-0.39, 0.29) is 0 Å². The van der Waals surface area contributed by atoms with Gasteiger partial charge in [-0.15, -0.1) is 6.58 Å². The molecule has 0 spiro atoms. The summed E-state index contributed by atoms with van der Waals surface area (Å²) in [6, 6.07) is 8.45. The van der Waals surface area contributed by atoms with Gasteiger partial charge in [-0.25, -0.2) is 0 Å². The highest BCUT2D eigenvalue weighted by atomic mass is 79.9. The Labute approximate surface area is 88.8 Å². The predicted molar refractivity (Wildman–Crippen MR) is 61.9 cm³/mol. The van der Waals surface area contributed by atoms with Crippen molar-refractivity contribution in [3.8, 4) is 0 Å². The van der Waals surface area contributed by atoms with E-state index in [9.17, 15) is 0 Å². The smallest absolute Gasteiger partial charge is 0.0175 e. The van der Waals surface area contributed by atoms with Crippen molar-refractivity contribution in [2.24, 2.45) is 5.92 Å². The average Bonchev–Trinajstić information content (AvgIpc) is 2.09. The van der Waals surface area contributed by atoms with E-state index in [0.717, 1.165) is 4.47 Å². The molecule has 1 rings (SSSR count). The van der Waals surface area contributed by atoms with Crippen LogP contribution in [0.5, 0.6) is 0 Å².